The van der Waals surface area contributed by atoms with E-state index in [9.17, 15) is 13.2 Å². The van der Waals surface area contributed by atoms with Crippen molar-refractivity contribution in [2.24, 2.45) is 0 Å². The molecular weight excluding hydrogens is 444 g/mol. The van der Waals surface area contributed by atoms with Gasteiger partial charge in [0.15, 0.2) is 0 Å². The molecule has 158 valence electrons. The Hall–Kier alpha value is -2.29. The lowest BCUT2D eigenvalue weighted by molar-refractivity contribution is 0.0797. The number of fused-ring (bicyclic) bond motifs is 1. The molecule has 0 bridgehead atoms. The Balaban J connectivity index is 1.62. The molecule has 2 heterocycles. The molecule has 0 radical (unpaired) electrons. The van der Waals surface area contributed by atoms with E-state index in [1.165, 1.54) is 17.4 Å². The number of hydrogen-bond donors (Lipinski definition) is 1. The molecule has 1 aliphatic rings. The molecule has 1 saturated heterocycles. The van der Waals surface area contributed by atoms with Gasteiger partial charge in [-0.15, -0.1) is 11.3 Å². The molecule has 3 aromatic rings. The van der Waals surface area contributed by atoms with Crippen molar-refractivity contribution in [3.63, 3.8) is 0 Å². The van der Waals surface area contributed by atoms with E-state index in [2.05, 4.69) is 4.72 Å². The first-order chi connectivity index (χ1) is 14.4. The average Bonchev–Trinajstić information content (AvgIpc) is 3.38. The second-order valence-corrected chi connectivity index (χ2v) is 10.2. The maximum absolute atomic E-state index is 13.0. The van der Waals surface area contributed by atoms with Gasteiger partial charge >= 0.3 is 0 Å². The number of nitrogens with zero attached hydrogens (tertiary/aromatic N) is 1. The SMILES string of the molecule is CCOc1ccc(Cl)cc1S(=O)(=O)Nc1ccc2sc(C(=O)N3CCCC3)cc2c1. The standard InChI is InChI=1S/C21H21ClN2O4S2/c1-2-28-17-7-5-15(22)13-20(17)30(26,27)23-16-6-8-18-14(11-16)12-19(29-18)21(25)24-9-3-4-10-24/h5-8,11-13,23H,2-4,9-10H2,1H3. The van der Waals surface area contributed by atoms with Crippen LogP contribution in [0.3, 0.4) is 0 Å². The quantitative estimate of drug-likeness (QED) is 0.557. The summed E-state index contributed by atoms with van der Waals surface area (Å²) in [5.74, 6) is 0.278. The second-order valence-electron chi connectivity index (χ2n) is 6.99. The molecule has 1 aromatic heterocycles. The van der Waals surface area contributed by atoms with Crippen LogP contribution in [0.4, 0.5) is 5.69 Å². The molecule has 0 aliphatic carbocycles. The van der Waals surface area contributed by atoms with Crippen molar-refractivity contribution in [2.45, 2.75) is 24.7 Å². The number of benzene rings is 2. The van der Waals surface area contributed by atoms with Crippen LogP contribution in [0.2, 0.25) is 5.02 Å². The highest BCUT2D eigenvalue weighted by atomic mass is 35.5. The van der Waals surface area contributed by atoms with Gasteiger partial charge in [0.25, 0.3) is 15.9 Å². The zero-order valence-electron chi connectivity index (χ0n) is 16.4. The van der Waals surface area contributed by atoms with Crippen molar-refractivity contribution >= 4 is 54.6 Å². The lowest BCUT2D eigenvalue weighted by Crippen LogP contribution is -2.26. The number of thiophene rings is 1. The molecular formula is C21H21ClN2O4S2. The van der Waals surface area contributed by atoms with Gasteiger partial charge in [-0.2, -0.15) is 0 Å². The van der Waals surface area contributed by atoms with Crippen molar-refractivity contribution in [2.75, 3.05) is 24.4 Å². The van der Waals surface area contributed by atoms with E-state index in [0.717, 1.165) is 36.0 Å². The Labute approximate surface area is 184 Å². The van der Waals surface area contributed by atoms with Gasteiger partial charge in [-0.05, 0) is 67.6 Å². The normalized spacial score (nSPS) is 14.3. The van der Waals surface area contributed by atoms with E-state index >= 15 is 0 Å². The van der Waals surface area contributed by atoms with Crippen molar-refractivity contribution < 1.29 is 17.9 Å². The molecule has 1 N–H and O–H groups in total. The summed E-state index contributed by atoms with van der Waals surface area (Å²) >= 11 is 7.43. The number of rotatable bonds is 6. The monoisotopic (exact) mass is 464 g/mol. The summed E-state index contributed by atoms with van der Waals surface area (Å²) in [6.45, 7) is 3.70. The largest absolute Gasteiger partial charge is 0.492 e. The number of halogens is 1. The minimum atomic E-state index is -3.91. The zero-order valence-corrected chi connectivity index (χ0v) is 18.7. The predicted molar refractivity (Wildman–Crippen MR) is 120 cm³/mol. The van der Waals surface area contributed by atoms with E-state index in [4.69, 9.17) is 16.3 Å². The second kappa shape index (κ2) is 8.45. The number of hydrogen-bond acceptors (Lipinski definition) is 5. The highest BCUT2D eigenvalue weighted by Crippen LogP contribution is 2.32. The number of ether oxygens (including phenoxy) is 1. The van der Waals surface area contributed by atoms with Crippen LogP contribution in [0, 0.1) is 0 Å². The first-order valence-corrected chi connectivity index (χ1v) is 12.3. The molecule has 6 nitrogen and oxygen atoms in total. The number of amides is 1. The minimum absolute atomic E-state index is 0.0211. The molecule has 30 heavy (non-hydrogen) atoms. The first kappa shape index (κ1) is 21.0. The van der Waals surface area contributed by atoms with E-state index in [1.54, 1.807) is 31.2 Å². The van der Waals surface area contributed by atoms with Crippen LogP contribution in [-0.2, 0) is 10.0 Å². The highest BCUT2D eigenvalue weighted by molar-refractivity contribution is 7.92. The number of carbonyl (C=O) groups is 1. The van der Waals surface area contributed by atoms with E-state index in [1.807, 2.05) is 17.0 Å². The summed E-state index contributed by atoms with van der Waals surface area (Å²) in [5.41, 5.74) is 0.405. The molecule has 0 saturated carbocycles. The lowest BCUT2D eigenvalue weighted by atomic mass is 10.2. The van der Waals surface area contributed by atoms with Crippen molar-refractivity contribution in [1.82, 2.24) is 4.90 Å². The topological polar surface area (TPSA) is 75.7 Å². The molecule has 0 atom stereocenters. The van der Waals surface area contributed by atoms with Gasteiger partial charge in [-0.3, -0.25) is 9.52 Å². The third-order valence-electron chi connectivity index (χ3n) is 4.87. The molecule has 0 spiro atoms. The Bertz CT molecular complexity index is 1200. The van der Waals surface area contributed by atoms with Crippen LogP contribution >= 0.6 is 22.9 Å². The van der Waals surface area contributed by atoms with Crippen molar-refractivity contribution in [1.29, 1.82) is 0 Å². The maximum Gasteiger partial charge on any atom is 0.265 e. The predicted octanol–water partition coefficient (Wildman–Crippen LogP) is 4.99. The number of likely N-dealkylation sites (tertiary alicyclic amines) is 1. The number of carbonyl (C=O) groups excluding carboxylic acids is 1. The summed E-state index contributed by atoms with van der Waals surface area (Å²) in [4.78, 5) is 15.2. The van der Waals surface area contributed by atoms with Crippen LogP contribution in [-0.4, -0.2) is 38.9 Å². The highest BCUT2D eigenvalue weighted by Gasteiger charge is 2.23. The smallest absolute Gasteiger partial charge is 0.265 e. The van der Waals surface area contributed by atoms with Crippen LogP contribution < -0.4 is 9.46 Å². The molecule has 1 aliphatic heterocycles. The summed E-state index contributed by atoms with van der Waals surface area (Å²) < 4.78 is 34.9. The van der Waals surface area contributed by atoms with Crippen LogP contribution in [0.5, 0.6) is 5.75 Å². The molecule has 1 fully saturated rings. The van der Waals surface area contributed by atoms with E-state index in [-0.39, 0.29) is 16.6 Å². The minimum Gasteiger partial charge on any atom is -0.492 e. The summed E-state index contributed by atoms with van der Waals surface area (Å²) in [5, 5.41) is 1.12. The third-order valence-corrected chi connectivity index (χ3v) is 7.61. The average molecular weight is 465 g/mol. The summed E-state index contributed by atoms with van der Waals surface area (Å²) in [6.07, 6.45) is 2.07. The summed E-state index contributed by atoms with van der Waals surface area (Å²) in [7, 11) is -3.91. The fraction of sp³-hybridized carbons (Fsp3) is 0.286. The number of anilines is 1. The summed E-state index contributed by atoms with van der Waals surface area (Å²) in [6, 6.07) is 11.6. The Morgan fingerprint density at radius 1 is 1.17 bits per heavy atom. The van der Waals surface area contributed by atoms with Crippen LogP contribution in [0.25, 0.3) is 10.1 Å². The van der Waals surface area contributed by atoms with Crippen LogP contribution in [0.15, 0.2) is 47.4 Å². The molecule has 1 amide bonds. The molecule has 4 rings (SSSR count). The van der Waals surface area contributed by atoms with Gasteiger partial charge in [-0.1, -0.05) is 11.6 Å². The fourth-order valence-corrected chi connectivity index (χ4v) is 5.93. The van der Waals surface area contributed by atoms with Gasteiger partial charge in [0, 0.05) is 28.5 Å². The van der Waals surface area contributed by atoms with Crippen molar-refractivity contribution in [3.05, 3.63) is 52.4 Å². The Kier molecular flexibility index (Phi) is 5.90. The van der Waals surface area contributed by atoms with Gasteiger partial charge in [0.2, 0.25) is 0 Å². The molecule has 2 aromatic carbocycles. The van der Waals surface area contributed by atoms with Gasteiger partial charge in [0.05, 0.1) is 11.5 Å². The fourth-order valence-electron chi connectivity index (χ4n) is 3.47. The van der Waals surface area contributed by atoms with Crippen LogP contribution in [0.1, 0.15) is 29.4 Å². The Morgan fingerprint density at radius 3 is 2.67 bits per heavy atom. The molecule has 9 heteroatoms. The third kappa shape index (κ3) is 4.26. The van der Waals surface area contributed by atoms with Crippen molar-refractivity contribution in [3.8, 4) is 5.75 Å². The van der Waals surface area contributed by atoms with Gasteiger partial charge in [0.1, 0.15) is 10.6 Å². The number of sulfonamides is 1. The lowest BCUT2D eigenvalue weighted by Gasteiger charge is -2.13. The number of nitrogens with one attached hydrogen (secondary N) is 1. The van der Waals surface area contributed by atoms with E-state index in [0.29, 0.717) is 22.2 Å². The maximum atomic E-state index is 13.0. The zero-order chi connectivity index (χ0) is 21.3. The van der Waals surface area contributed by atoms with Gasteiger partial charge < -0.3 is 9.64 Å². The van der Waals surface area contributed by atoms with E-state index < -0.39 is 10.0 Å². The van der Waals surface area contributed by atoms with Gasteiger partial charge in [-0.25, -0.2) is 8.42 Å². The first-order valence-electron chi connectivity index (χ1n) is 9.65. The Morgan fingerprint density at radius 2 is 1.93 bits per heavy atom. The molecule has 0 unspecified atom stereocenters.